The summed E-state index contributed by atoms with van der Waals surface area (Å²) in [6.07, 6.45) is 1.21. The van der Waals surface area contributed by atoms with Gasteiger partial charge in [-0.2, -0.15) is 0 Å². The molecule has 0 radical (unpaired) electrons. The first-order chi connectivity index (χ1) is 8.20. The second kappa shape index (κ2) is 5.83. The second-order valence-electron chi connectivity index (χ2n) is 4.51. The Labute approximate surface area is 110 Å². The molecule has 0 aliphatic carbocycles. The van der Waals surface area contributed by atoms with E-state index in [1.807, 2.05) is 12.1 Å². The fourth-order valence-electron chi connectivity index (χ4n) is 2.26. The minimum absolute atomic E-state index is 0.197. The quantitative estimate of drug-likeness (QED) is 0.919. The van der Waals surface area contributed by atoms with Gasteiger partial charge in [-0.05, 0) is 59.6 Å². The van der Waals surface area contributed by atoms with Gasteiger partial charge in [0.2, 0.25) is 0 Å². The summed E-state index contributed by atoms with van der Waals surface area (Å²) >= 11 is 3.24. The monoisotopic (exact) mass is 300 g/mol. The number of nitrogens with zero attached hydrogens (tertiary/aromatic N) is 1. The zero-order valence-corrected chi connectivity index (χ0v) is 11.6. The van der Waals surface area contributed by atoms with Crippen molar-refractivity contribution in [2.24, 2.45) is 5.92 Å². The van der Waals surface area contributed by atoms with E-state index in [4.69, 9.17) is 0 Å². The highest BCUT2D eigenvalue weighted by molar-refractivity contribution is 9.10. The fourth-order valence-corrected chi connectivity index (χ4v) is 2.63. The predicted molar refractivity (Wildman–Crippen MR) is 73.0 cm³/mol. The first kappa shape index (κ1) is 12.8. The number of anilines is 1. The highest BCUT2D eigenvalue weighted by atomic mass is 79.9. The van der Waals surface area contributed by atoms with Gasteiger partial charge in [-0.3, -0.25) is 0 Å². The summed E-state index contributed by atoms with van der Waals surface area (Å²) in [7, 11) is 0. The van der Waals surface area contributed by atoms with E-state index in [1.165, 1.54) is 12.5 Å². The molecule has 1 N–H and O–H groups in total. The van der Waals surface area contributed by atoms with Crippen molar-refractivity contribution >= 4 is 21.6 Å². The lowest BCUT2D eigenvalue weighted by atomic mass is 10.1. The maximum atomic E-state index is 13.2. The van der Waals surface area contributed by atoms with Gasteiger partial charge >= 0.3 is 0 Å². The maximum absolute atomic E-state index is 13.2. The number of hydrogen-bond acceptors (Lipinski definition) is 2. The Hall–Kier alpha value is -0.610. The molecule has 1 atom stereocenters. The van der Waals surface area contributed by atoms with Crippen LogP contribution in [0.2, 0.25) is 0 Å². The van der Waals surface area contributed by atoms with E-state index in [1.54, 1.807) is 0 Å². The van der Waals surface area contributed by atoms with E-state index in [0.29, 0.717) is 10.4 Å². The lowest BCUT2D eigenvalue weighted by Crippen LogP contribution is -2.26. The molecule has 0 aromatic heterocycles. The normalized spacial score (nSPS) is 19.9. The molecule has 1 aliphatic heterocycles. The van der Waals surface area contributed by atoms with Crippen LogP contribution in [0, 0.1) is 11.7 Å². The SMILES string of the molecule is CCNCC1CCN(c2ccc(F)c(Br)c2)C1. The third-order valence-electron chi connectivity index (χ3n) is 3.24. The average Bonchev–Trinajstić information content (AvgIpc) is 2.79. The van der Waals surface area contributed by atoms with Crippen LogP contribution in [-0.4, -0.2) is 26.2 Å². The standard InChI is InChI=1S/C13H18BrFN2/c1-2-16-8-10-5-6-17(9-10)11-3-4-13(15)12(14)7-11/h3-4,7,10,16H,2,5-6,8-9H2,1H3. The van der Waals surface area contributed by atoms with Crippen molar-refractivity contribution in [3.8, 4) is 0 Å². The van der Waals surface area contributed by atoms with E-state index >= 15 is 0 Å². The molecule has 0 saturated carbocycles. The third-order valence-corrected chi connectivity index (χ3v) is 3.84. The van der Waals surface area contributed by atoms with E-state index in [0.717, 1.165) is 31.9 Å². The van der Waals surface area contributed by atoms with Gasteiger partial charge in [-0.25, -0.2) is 4.39 Å². The molecule has 17 heavy (non-hydrogen) atoms. The smallest absolute Gasteiger partial charge is 0.137 e. The molecule has 2 nitrogen and oxygen atoms in total. The van der Waals surface area contributed by atoms with Crippen LogP contribution in [0.5, 0.6) is 0 Å². The van der Waals surface area contributed by atoms with Crippen LogP contribution in [0.4, 0.5) is 10.1 Å². The summed E-state index contributed by atoms with van der Waals surface area (Å²) in [5, 5.41) is 3.39. The van der Waals surface area contributed by atoms with Gasteiger partial charge in [0.05, 0.1) is 4.47 Å². The molecule has 1 unspecified atom stereocenters. The van der Waals surface area contributed by atoms with E-state index < -0.39 is 0 Å². The molecule has 94 valence electrons. The van der Waals surface area contributed by atoms with Crippen LogP contribution in [0.25, 0.3) is 0 Å². The van der Waals surface area contributed by atoms with Gasteiger partial charge in [-0.15, -0.1) is 0 Å². The zero-order chi connectivity index (χ0) is 12.3. The minimum atomic E-state index is -0.197. The number of nitrogens with one attached hydrogen (secondary N) is 1. The molecule has 1 aromatic rings. The topological polar surface area (TPSA) is 15.3 Å². The summed E-state index contributed by atoms with van der Waals surface area (Å²) in [4.78, 5) is 2.33. The van der Waals surface area contributed by atoms with Gasteiger partial charge in [0.25, 0.3) is 0 Å². The molecule has 0 bridgehead atoms. The molecule has 1 saturated heterocycles. The Bertz CT molecular complexity index is 384. The fraction of sp³-hybridized carbons (Fsp3) is 0.538. The Morgan fingerprint density at radius 2 is 2.35 bits per heavy atom. The van der Waals surface area contributed by atoms with Crippen molar-refractivity contribution in [1.29, 1.82) is 0 Å². The molecule has 1 heterocycles. The van der Waals surface area contributed by atoms with Gasteiger partial charge in [0.1, 0.15) is 5.82 Å². The average molecular weight is 301 g/mol. The van der Waals surface area contributed by atoms with Crippen molar-refractivity contribution in [3.05, 3.63) is 28.5 Å². The van der Waals surface area contributed by atoms with Gasteiger partial charge in [0.15, 0.2) is 0 Å². The molecular weight excluding hydrogens is 283 g/mol. The Balaban J connectivity index is 1.97. The summed E-state index contributed by atoms with van der Waals surface area (Å²) in [6, 6.07) is 5.25. The van der Waals surface area contributed by atoms with Crippen LogP contribution in [0.1, 0.15) is 13.3 Å². The summed E-state index contributed by atoms with van der Waals surface area (Å²) in [5.74, 6) is 0.510. The first-order valence-corrected chi connectivity index (χ1v) is 6.90. The highest BCUT2D eigenvalue weighted by Crippen LogP contribution is 2.27. The zero-order valence-electron chi connectivity index (χ0n) is 10.0. The number of halogens is 2. The molecule has 0 spiro atoms. The Morgan fingerprint density at radius 1 is 1.53 bits per heavy atom. The number of benzene rings is 1. The second-order valence-corrected chi connectivity index (χ2v) is 5.36. The Morgan fingerprint density at radius 3 is 3.06 bits per heavy atom. The van der Waals surface area contributed by atoms with Crippen molar-refractivity contribution in [2.45, 2.75) is 13.3 Å². The largest absolute Gasteiger partial charge is 0.371 e. The lowest BCUT2D eigenvalue weighted by Gasteiger charge is -2.19. The van der Waals surface area contributed by atoms with Crippen LogP contribution in [0.3, 0.4) is 0 Å². The molecule has 2 rings (SSSR count). The molecule has 1 aliphatic rings. The van der Waals surface area contributed by atoms with Gasteiger partial charge in [0, 0.05) is 18.8 Å². The van der Waals surface area contributed by atoms with E-state index in [2.05, 4.69) is 33.1 Å². The molecule has 4 heteroatoms. The van der Waals surface area contributed by atoms with Crippen molar-refractivity contribution in [2.75, 3.05) is 31.1 Å². The summed E-state index contributed by atoms with van der Waals surface area (Å²) in [5.41, 5.74) is 1.11. The molecule has 0 amide bonds. The van der Waals surface area contributed by atoms with E-state index in [-0.39, 0.29) is 5.82 Å². The lowest BCUT2D eigenvalue weighted by molar-refractivity contribution is 0.528. The van der Waals surface area contributed by atoms with Crippen LogP contribution in [0.15, 0.2) is 22.7 Å². The maximum Gasteiger partial charge on any atom is 0.137 e. The van der Waals surface area contributed by atoms with Crippen LogP contribution >= 0.6 is 15.9 Å². The molecule has 1 aromatic carbocycles. The van der Waals surface area contributed by atoms with Crippen molar-refractivity contribution in [3.63, 3.8) is 0 Å². The number of hydrogen-bond donors (Lipinski definition) is 1. The van der Waals surface area contributed by atoms with E-state index in [9.17, 15) is 4.39 Å². The van der Waals surface area contributed by atoms with Crippen molar-refractivity contribution in [1.82, 2.24) is 5.32 Å². The summed E-state index contributed by atoms with van der Waals surface area (Å²) < 4.78 is 13.7. The predicted octanol–water partition coefficient (Wildman–Crippen LogP) is 3.02. The van der Waals surface area contributed by atoms with Crippen molar-refractivity contribution < 1.29 is 4.39 Å². The van der Waals surface area contributed by atoms with Gasteiger partial charge in [-0.1, -0.05) is 6.92 Å². The Kier molecular flexibility index (Phi) is 4.40. The highest BCUT2D eigenvalue weighted by Gasteiger charge is 2.22. The van der Waals surface area contributed by atoms with Gasteiger partial charge < -0.3 is 10.2 Å². The molecule has 1 fully saturated rings. The third kappa shape index (κ3) is 3.19. The minimum Gasteiger partial charge on any atom is -0.371 e. The first-order valence-electron chi connectivity index (χ1n) is 6.11. The molecular formula is C13H18BrFN2. The van der Waals surface area contributed by atoms with Crippen LogP contribution in [-0.2, 0) is 0 Å². The summed E-state index contributed by atoms with van der Waals surface area (Å²) in [6.45, 7) is 6.36. The number of rotatable bonds is 4. The van der Waals surface area contributed by atoms with Crippen LogP contribution < -0.4 is 10.2 Å².